The Morgan fingerprint density at radius 2 is 2.26 bits per heavy atom. The Hall–Kier alpha value is -1.98. The van der Waals surface area contributed by atoms with Gasteiger partial charge in [-0.15, -0.1) is 0 Å². The van der Waals surface area contributed by atoms with E-state index in [1.54, 1.807) is 31.6 Å². The standard InChI is InChI=1S/C14H18N2O3/c1-18-14-5-4-10(7-12(14)15)13(17)9-16-8-11-3-2-6-19-11/h2-7,13,16-17H,8-9,15H2,1H3. The summed E-state index contributed by atoms with van der Waals surface area (Å²) in [5.41, 5.74) is 7.08. The van der Waals surface area contributed by atoms with Crippen molar-refractivity contribution in [2.24, 2.45) is 0 Å². The first kappa shape index (κ1) is 13.5. The Labute approximate surface area is 112 Å². The Bertz CT molecular complexity index is 511. The fourth-order valence-electron chi connectivity index (χ4n) is 1.82. The Kier molecular flexibility index (Phi) is 4.43. The van der Waals surface area contributed by atoms with Crippen LogP contribution in [-0.4, -0.2) is 18.8 Å². The molecular formula is C14H18N2O3. The summed E-state index contributed by atoms with van der Waals surface area (Å²) >= 11 is 0. The number of hydrogen-bond acceptors (Lipinski definition) is 5. The molecule has 0 aliphatic heterocycles. The first-order valence-corrected chi connectivity index (χ1v) is 6.05. The van der Waals surface area contributed by atoms with Crippen molar-refractivity contribution in [2.45, 2.75) is 12.6 Å². The molecule has 0 saturated carbocycles. The van der Waals surface area contributed by atoms with Crippen molar-refractivity contribution >= 4 is 5.69 Å². The summed E-state index contributed by atoms with van der Waals surface area (Å²) in [7, 11) is 1.56. The van der Waals surface area contributed by atoms with E-state index in [9.17, 15) is 5.11 Å². The number of rotatable bonds is 6. The Morgan fingerprint density at radius 1 is 1.42 bits per heavy atom. The number of hydrogen-bond donors (Lipinski definition) is 3. The van der Waals surface area contributed by atoms with E-state index in [1.807, 2.05) is 12.1 Å². The third-order valence-electron chi connectivity index (χ3n) is 2.86. The highest BCUT2D eigenvalue weighted by Crippen LogP contribution is 2.25. The molecule has 0 bridgehead atoms. The molecule has 1 atom stereocenters. The summed E-state index contributed by atoms with van der Waals surface area (Å²) in [6.45, 7) is 1.00. The molecule has 0 radical (unpaired) electrons. The van der Waals surface area contributed by atoms with Gasteiger partial charge in [0, 0.05) is 6.54 Å². The van der Waals surface area contributed by atoms with Crippen molar-refractivity contribution in [1.82, 2.24) is 5.32 Å². The molecule has 0 aliphatic carbocycles. The first-order valence-electron chi connectivity index (χ1n) is 6.05. The normalized spacial score (nSPS) is 12.3. The van der Waals surface area contributed by atoms with Crippen LogP contribution in [0.5, 0.6) is 5.75 Å². The number of aliphatic hydroxyl groups is 1. The van der Waals surface area contributed by atoms with E-state index in [2.05, 4.69) is 5.32 Å². The second-order valence-corrected chi connectivity index (χ2v) is 4.23. The number of anilines is 1. The minimum Gasteiger partial charge on any atom is -0.495 e. The van der Waals surface area contributed by atoms with Crippen molar-refractivity contribution < 1.29 is 14.3 Å². The predicted octanol–water partition coefficient (Wildman–Crippen LogP) is 1.69. The van der Waals surface area contributed by atoms with Gasteiger partial charge in [0.15, 0.2) is 0 Å². The topological polar surface area (TPSA) is 80.7 Å². The maximum Gasteiger partial charge on any atom is 0.141 e. The summed E-state index contributed by atoms with van der Waals surface area (Å²) in [4.78, 5) is 0. The van der Waals surface area contributed by atoms with Gasteiger partial charge in [-0.25, -0.2) is 0 Å². The number of aliphatic hydroxyl groups excluding tert-OH is 1. The van der Waals surface area contributed by atoms with E-state index in [0.29, 0.717) is 24.5 Å². The van der Waals surface area contributed by atoms with Gasteiger partial charge < -0.3 is 25.3 Å². The second kappa shape index (κ2) is 6.26. The van der Waals surface area contributed by atoms with Crippen molar-refractivity contribution in [3.8, 4) is 5.75 Å². The van der Waals surface area contributed by atoms with Crippen LogP contribution < -0.4 is 15.8 Å². The summed E-state index contributed by atoms with van der Waals surface area (Å²) < 4.78 is 10.3. The van der Waals surface area contributed by atoms with Gasteiger partial charge >= 0.3 is 0 Å². The van der Waals surface area contributed by atoms with Crippen LogP contribution in [0, 0.1) is 0 Å². The van der Waals surface area contributed by atoms with E-state index in [4.69, 9.17) is 14.9 Å². The van der Waals surface area contributed by atoms with E-state index in [0.717, 1.165) is 11.3 Å². The molecule has 2 rings (SSSR count). The van der Waals surface area contributed by atoms with Gasteiger partial charge in [-0.2, -0.15) is 0 Å². The maximum absolute atomic E-state index is 10.0. The van der Waals surface area contributed by atoms with Crippen molar-refractivity contribution in [1.29, 1.82) is 0 Å². The van der Waals surface area contributed by atoms with E-state index >= 15 is 0 Å². The van der Waals surface area contributed by atoms with Crippen molar-refractivity contribution in [3.05, 3.63) is 47.9 Å². The maximum atomic E-state index is 10.0. The minimum absolute atomic E-state index is 0.423. The lowest BCUT2D eigenvalue weighted by Crippen LogP contribution is -2.20. The lowest BCUT2D eigenvalue weighted by molar-refractivity contribution is 0.173. The van der Waals surface area contributed by atoms with Crippen LogP contribution in [0.1, 0.15) is 17.4 Å². The summed E-state index contributed by atoms with van der Waals surface area (Å²) in [6.07, 6.45) is 1.00. The van der Waals surface area contributed by atoms with Crippen LogP contribution in [0.2, 0.25) is 0 Å². The number of methoxy groups -OCH3 is 1. The molecule has 5 heteroatoms. The van der Waals surface area contributed by atoms with Gasteiger partial charge in [0.1, 0.15) is 11.5 Å². The van der Waals surface area contributed by atoms with E-state index < -0.39 is 6.10 Å². The van der Waals surface area contributed by atoms with Gasteiger partial charge in [0.2, 0.25) is 0 Å². The third kappa shape index (κ3) is 3.49. The molecule has 4 N–H and O–H groups in total. The molecule has 2 aromatic rings. The summed E-state index contributed by atoms with van der Waals surface area (Å²) in [5.74, 6) is 1.45. The fourth-order valence-corrected chi connectivity index (χ4v) is 1.82. The molecule has 0 spiro atoms. The van der Waals surface area contributed by atoms with Gasteiger partial charge in [0.05, 0.1) is 31.7 Å². The second-order valence-electron chi connectivity index (χ2n) is 4.23. The highest BCUT2D eigenvalue weighted by Gasteiger charge is 2.09. The summed E-state index contributed by atoms with van der Waals surface area (Å²) in [5, 5.41) is 13.2. The van der Waals surface area contributed by atoms with Gasteiger partial charge in [-0.3, -0.25) is 0 Å². The number of nitrogen functional groups attached to an aromatic ring is 1. The number of nitrogens with one attached hydrogen (secondary N) is 1. The van der Waals surface area contributed by atoms with Gasteiger partial charge in [0.25, 0.3) is 0 Å². The molecular weight excluding hydrogens is 244 g/mol. The zero-order chi connectivity index (χ0) is 13.7. The largest absolute Gasteiger partial charge is 0.495 e. The quantitative estimate of drug-likeness (QED) is 0.690. The zero-order valence-electron chi connectivity index (χ0n) is 10.8. The fraction of sp³-hybridized carbons (Fsp3) is 0.286. The van der Waals surface area contributed by atoms with E-state index in [1.165, 1.54) is 0 Å². The lowest BCUT2D eigenvalue weighted by atomic mass is 10.1. The summed E-state index contributed by atoms with van der Waals surface area (Å²) in [6, 6.07) is 8.98. The SMILES string of the molecule is COc1ccc(C(O)CNCc2ccco2)cc1N. The van der Waals surface area contributed by atoms with Crippen LogP contribution in [0.4, 0.5) is 5.69 Å². The smallest absolute Gasteiger partial charge is 0.141 e. The average molecular weight is 262 g/mol. The van der Waals surface area contributed by atoms with E-state index in [-0.39, 0.29) is 0 Å². The molecule has 1 aromatic carbocycles. The Morgan fingerprint density at radius 3 is 2.89 bits per heavy atom. The highest BCUT2D eigenvalue weighted by atomic mass is 16.5. The molecule has 102 valence electrons. The monoisotopic (exact) mass is 262 g/mol. The van der Waals surface area contributed by atoms with Crippen LogP contribution in [-0.2, 0) is 6.54 Å². The van der Waals surface area contributed by atoms with Crippen LogP contribution >= 0.6 is 0 Å². The molecule has 0 amide bonds. The van der Waals surface area contributed by atoms with Gasteiger partial charge in [-0.1, -0.05) is 6.07 Å². The number of benzene rings is 1. The number of furan rings is 1. The first-order chi connectivity index (χ1) is 9.20. The number of ether oxygens (including phenoxy) is 1. The lowest BCUT2D eigenvalue weighted by Gasteiger charge is -2.13. The molecule has 0 aliphatic rings. The Balaban J connectivity index is 1.88. The number of nitrogens with two attached hydrogens (primary N) is 1. The van der Waals surface area contributed by atoms with Crippen LogP contribution in [0.25, 0.3) is 0 Å². The molecule has 5 nitrogen and oxygen atoms in total. The molecule has 0 fully saturated rings. The predicted molar refractivity (Wildman–Crippen MR) is 72.8 cm³/mol. The zero-order valence-corrected chi connectivity index (χ0v) is 10.8. The van der Waals surface area contributed by atoms with Crippen molar-refractivity contribution in [3.63, 3.8) is 0 Å². The van der Waals surface area contributed by atoms with Crippen LogP contribution in [0.3, 0.4) is 0 Å². The highest BCUT2D eigenvalue weighted by molar-refractivity contribution is 5.54. The molecule has 1 heterocycles. The third-order valence-corrected chi connectivity index (χ3v) is 2.86. The van der Waals surface area contributed by atoms with Gasteiger partial charge in [-0.05, 0) is 29.8 Å². The van der Waals surface area contributed by atoms with Crippen LogP contribution in [0.15, 0.2) is 41.0 Å². The minimum atomic E-state index is -0.622. The van der Waals surface area contributed by atoms with Crippen molar-refractivity contribution in [2.75, 3.05) is 19.4 Å². The molecule has 19 heavy (non-hydrogen) atoms. The molecule has 1 unspecified atom stereocenters. The molecule has 0 saturated heterocycles. The average Bonchev–Trinajstić information content (AvgIpc) is 2.91. The molecule has 1 aromatic heterocycles.